The molecule has 180 valence electrons. The Morgan fingerprint density at radius 1 is 1.09 bits per heavy atom. The Labute approximate surface area is 204 Å². The second-order valence-electron chi connectivity index (χ2n) is 8.41. The van der Waals surface area contributed by atoms with Crippen LogP contribution in [0.25, 0.3) is 23.1 Å². The van der Waals surface area contributed by atoms with E-state index in [9.17, 15) is 14.3 Å². The number of para-hydroxylation sites is 1. The molecule has 0 bridgehead atoms. The summed E-state index contributed by atoms with van der Waals surface area (Å²) < 4.78 is 19.0. The predicted molar refractivity (Wildman–Crippen MR) is 138 cm³/mol. The first-order chi connectivity index (χ1) is 17.1. The number of nitrogens with one attached hydrogen (secondary N) is 2. The van der Waals surface area contributed by atoms with Gasteiger partial charge in [0.15, 0.2) is 0 Å². The van der Waals surface area contributed by atoms with E-state index in [1.165, 1.54) is 12.1 Å². The number of hydrogen-bond donors (Lipinski definition) is 3. The number of aromatic amines is 1. The van der Waals surface area contributed by atoms with Crippen molar-refractivity contribution < 1.29 is 19.0 Å². The number of aliphatic hydroxyl groups excluding tert-OH is 1. The van der Waals surface area contributed by atoms with Gasteiger partial charge in [-0.05, 0) is 59.9 Å². The molecule has 1 aromatic heterocycles. The highest BCUT2D eigenvalue weighted by Crippen LogP contribution is 2.23. The molecule has 0 aliphatic rings. The fourth-order valence-corrected chi connectivity index (χ4v) is 3.92. The van der Waals surface area contributed by atoms with Gasteiger partial charge in [0.1, 0.15) is 11.6 Å². The molecule has 0 spiro atoms. The van der Waals surface area contributed by atoms with Crippen LogP contribution in [0.3, 0.4) is 0 Å². The summed E-state index contributed by atoms with van der Waals surface area (Å²) in [6.07, 6.45) is 6.93. The molecule has 1 atom stereocenters. The number of aromatic nitrogens is 1. The normalized spacial score (nSPS) is 12.2. The zero-order chi connectivity index (χ0) is 24.6. The molecule has 0 fully saturated rings. The number of carbonyl (C=O) groups excluding carboxylic acids is 1. The lowest BCUT2D eigenvalue weighted by molar-refractivity contribution is 0.0912. The highest BCUT2D eigenvalue weighted by Gasteiger charge is 2.19. The van der Waals surface area contributed by atoms with Crippen LogP contribution in [0.5, 0.6) is 5.75 Å². The molecule has 6 heteroatoms. The minimum absolute atomic E-state index is 0.194. The SMILES string of the molecule is CCCOc1ccc(C=Cc2ccc(F)cc2)cc1C(=O)NC(CO)Cc1c[nH]c2ccccc12. The smallest absolute Gasteiger partial charge is 0.255 e. The Balaban J connectivity index is 1.54. The van der Waals surface area contributed by atoms with E-state index in [1.807, 2.05) is 55.6 Å². The zero-order valence-corrected chi connectivity index (χ0v) is 19.6. The molecule has 0 aliphatic carbocycles. The summed E-state index contributed by atoms with van der Waals surface area (Å²) in [7, 11) is 0. The third-order valence-electron chi connectivity index (χ3n) is 5.75. The van der Waals surface area contributed by atoms with E-state index in [1.54, 1.807) is 24.3 Å². The van der Waals surface area contributed by atoms with Crippen LogP contribution in [-0.2, 0) is 6.42 Å². The van der Waals surface area contributed by atoms with E-state index in [2.05, 4.69) is 10.3 Å². The molecular formula is C29H29FN2O3. The van der Waals surface area contributed by atoms with Crippen molar-refractivity contribution in [2.75, 3.05) is 13.2 Å². The average Bonchev–Trinajstić information content (AvgIpc) is 3.29. The lowest BCUT2D eigenvalue weighted by Crippen LogP contribution is -2.39. The fourth-order valence-electron chi connectivity index (χ4n) is 3.92. The van der Waals surface area contributed by atoms with Gasteiger partial charge >= 0.3 is 0 Å². The van der Waals surface area contributed by atoms with Gasteiger partial charge in [-0.2, -0.15) is 0 Å². The van der Waals surface area contributed by atoms with Crippen LogP contribution < -0.4 is 10.1 Å². The van der Waals surface area contributed by atoms with Crippen molar-refractivity contribution in [2.24, 2.45) is 0 Å². The molecule has 0 saturated carbocycles. The Morgan fingerprint density at radius 2 is 1.83 bits per heavy atom. The van der Waals surface area contributed by atoms with Gasteiger partial charge in [-0.25, -0.2) is 4.39 Å². The summed E-state index contributed by atoms with van der Waals surface area (Å²) in [6, 6.07) is 19.1. The first-order valence-corrected chi connectivity index (χ1v) is 11.7. The molecule has 4 rings (SSSR count). The van der Waals surface area contributed by atoms with Crippen LogP contribution in [0.15, 0.2) is 72.9 Å². The molecule has 3 N–H and O–H groups in total. The average molecular weight is 473 g/mol. The van der Waals surface area contributed by atoms with Crippen molar-refractivity contribution in [2.45, 2.75) is 25.8 Å². The van der Waals surface area contributed by atoms with Crippen LogP contribution >= 0.6 is 0 Å². The molecule has 4 aromatic rings. The maximum atomic E-state index is 13.3. The topological polar surface area (TPSA) is 74.3 Å². The molecule has 1 amide bonds. The standard InChI is InChI=1S/C29H29FN2O3/c1-2-15-35-28-14-11-21(8-7-20-9-12-23(30)13-10-20)16-26(28)29(34)32-24(19-33)17-22-18-31-27-6-4-3-5-25(22)27/h3-14,16,18,24,31,33H,2,15,17,19H2,1H3,(H,32,34). The second kappa shape index (κ2) is 11.5. The summed E-state index contributed by atoms with van der Waals surface area (Å²) in [5.74, 6) is -0.108. The first-order valence-electron chi connectivity index (χ1n) is 11.7. The number of amides is 1. The van der Waals surface area contributed by atoms with Crippen LogP contribution in [0.1, 0.15) is 40.4 Å². The monoisotopic (exact) mass is 472 g/mol. The van der Waals surface area contributed by atoms with Gasteiger partial charge in [0.2, 0.25) is 0 Å². The summed E-state index contributed by atoms with van der Waals surface area (Å²) >= 11 is 0. The minimum atomic E-state index is -0.459. The van der Waals surface area contributed by atoms with Gasteiger partial charge in [-0.15, -0.1) is 0 Å². The maximum Gasteiger partial charge on any atom is 0.255 e. The van der Waals surface area contributed by atoms with Gasteiger partial charge in [0, 0.05) is 17.1 Å². The molecule has 35 heavy (non-hydrogen) atoms. The lowest BCUT2D eigenvalue weighted by Gasteiger charge is -2.18. The van der Waals surface area contributed by atoms with E-state index in [-0.39, 0.29) is 18.3 Å². The van der Waals surface area contributed by atoms with Crippen molar-refractivity contribution in [3.63, 3.8) is 0 Å². The molecule has 1 heterocycles. The maximum absolute atomic E-state index is 13.3. The van der Waals surface area contributed by atoms with E-state index >= 15 is 0 Å². The predicted octanol–water partition coefficient (Wildman–Crippen LogP) is 5.60. The zero-order valence-electron chi connectivity index (χ0n) is 19.6. The van der Waals surface area contributed by atoms with Gasteiger partial charge in [-0.1, -0.05) is 55.5 Å². The third-order valence-corrected chi connectivity index (χ3v) is 5.75. The van der Waals surface area contributed by atoms with Crippen LogP contribution in [-0.4, -0.2) is 35.3 Å². The molecule has 0 saturated heterocycles. The van der Waals surface area contributed by atoms with Crippen molar-refractivity contribution in [3.05, 3.63) is 101 Å². The third kappa shape index (κ3) is 6.16. The minimum Gasteiger partial charge on any atom is -0.493 e. The van der Waals surface area contributed by atoms with E-state index in [0.29, 0.717) is 24.3 Å². The van der Waals surface area contributed by atoms with Crippen molar-refractivity contribution in [1.82, 2.24) is 10.3 Å². The Bertz CT molecular complexity index is 1310. The summed E-state index contributed by atoms with van der Waals surface area (Å²) in [6.45, 7) is 2.30. The number of hydrogen-bond acceptors (Lipinski definition) is 3. The number of ether oxygens (including phenoxy) is 1. The van der Waals surface area contributed by atoms with Gasteiger partial charge in [0.25, 0.3) is 5.91 Å². The Kier molecular flexibility index (Phi) is 7.95. The number of halogens is 1. The highest BCUT2D eigenvalue weighted by molar-refractivity contribution is 5.98. The van der Waals surface area contributed by atoms with Crippen LogP contribution in [0.2, 0.25) is 0 Å². The molecular weight excluding hydrogens is 443 g/mol. The number of fused-ring (bicyclic) bond motifs is 1. The van der Waals surface area contributed by atoms with Gasteiger partial charge in [0.05, 0.1) is 24.8 Å². The first kappa shape index (κ1) is 24.2. The molecule has 1 unspecified atom stereocenters. The number of carbonyl (C=O) groups is 1. The van der Waals surface area contributed by atoms with Crippen molar-refractivity contribution >= 4 is 29.0 Å². The van der Waals surface area contributed by atoms with Crippen molar-refractivity contribution in [1.29, 1.82) is 0 Å². The van der Waals surface area contributed by atoms with Crippen molar-refractivity contribution in [3.8, 4) is 5.75 Å². The van der Waals surface area contributed by atoms with Gasteiger partial charge < -0.3 is 20.1 Å². The van der Waals surface area contributed by atoms with E-state index in [4.69, 9.17) is 4.74 Å². The van der Waals surface area contributed by atoms with Gasteiger partial charge in [-0.3, -0.25) is 4.79 Å². The summed E-state index contributed by atoms with van der Waals surface area (Å²) in [5.41, 5.74) is 4.10. The number of H-pyrrole nitrogens is 1. The van der Waals surface area contributed by atoms with Crippen LogP contribution in [0, 0.1) is 5.82 Å². The summed E-state index contributed by atoms with van der Waals surface area (Å²) in [4.78, 5) is 16.5. The fraction of sp³-hybridized carbons (Fsp3) is 0.207. The van der Waals surface area contributed by atoms with E-state index in [0.717, 1.165) is 34.0 Å². The summed E-state index contributed by atoms with van der Waals surface area (Å²) in [5, 5.41) is 14.0. The Morgan fingerprint density at radius 3 is 2.60 bits per heavy atom. The molecule has 3 aromatic carbocycles. The second-order valence-corrected chi connectivity index (χ2v) is 8.41. The molecule has 0 radical (unpaired) electrons. The molecule has 0 aliphatic heterocycles. The Hall–Kier alpha value is -3.90. The lowest BCUT2D eigenvalue weighted by atomic mass is 10.0. The molecule has 5 nitrogen and oxygen atoms in total. The highest BCUT2D eigenvalue weighted by atomic mass is 19.1. The van der Waals surface area contributed by atoms with Crippen LogP contribution in [0.4, 0.5) is 4.39 Å². The number of rotatable bonds is 10. The van der Waals surface area contributed by atoms with E-state index < -0.39 is 6.04 Å². The number of aliphatic hydroxyl groups is 1. The number of benzene rings is 3. The quantitative estimate of drug-likeness (QED) is 0.263. The largest absolute Gasteiger partial charge is 0.493 e.